The number of anilines is 1. The van der Waals surface area contributed by atoms with Crippen LogP contribution >= 0.6 is 11.6 Å². The van der Waals surface area contributed by atoms with E-state index in [1.165, 1.54) is 6.20 Å². The van der Waals surface area contributed by atoms with E-state index in [1.54, 1.807) is 15.3 Å². The lowest BCUT2D eigenvalue weighted by Gasteiger charge is -2.04. The Morgan fingerprint density at radius 2 is 1.96 bits per heavy atom. The molecule has 0 aliphatic heterocycles. The number of carbonyl (C=O) groups excluding carboxylic acids is 1. The van der Waals surface area contributed by atoms with E-state index >= 15 is 0 Å². The molecule has 1 N–H and O–H groups in total. The fraction of sp³-hybridized carbons (Fsp3) is 0.158. The summed E-state index contributed by atoms with van der Waals surface area (Å²) in [6, 6.07) is 11.2. The minimum Gasteiger partial charge on any atom is -0.305 e. The van der Waals surface area contributed by atoms with Gasteiger partial charge in [-0.05, 0) is 37.6 Å². The largest absolute Gasteiger partial charge is 0.305 e. The lowest BCUT2D eigenvalue weighted by molar-refractivity contribution is 0.102. The molecule has 7 nitrogen and oxygen atoms in total. The van der Waals surface area contributed by atoms with Gasteiger partial charge in [-0.1, -0.05) is 23.7 Å². The smallest absolute Gasteiger partial charge is 0.262 e. The summed E-state index contributed by atoms with van der Waals surface area (Å²) in [4.78, 5) is 17.1. The van der Waals surface area contributed by atoms with Crippen molar-refractivity contribution < 1.29 is 4.79 Å². The van der Waals surface area contributed by atoms with Gasteiger partial charge in [-0.3, -0.25) is 9.48 Å². The van der Waals surface area contributed by atoms with Gasteiger partial charge in [0.25, 0.3) is 5.91 Å². The van der Waals surface area contributed by atoms with Crippen LogP contribution in [0.5, 0.6) is 0 Å². The Kier molecular flexibility index (Phi) is 4.37. The first-order valence-electron chi connectivity index (χ1n) is 8.41. The number of halogens is 1. The Balaban J connectivity index is 1.52. The monoisotopic (exact) mass is 380 g/mol. The number of fused-ring (bicyclic) bond motifs is 1. The van der Waals surface area contributed by atoms with E-state index in [-0.39, 0.29) is 5.91 Å². The molecule has 4 rings (SSSR count). The molecule has 0 spiro atoms. The van der Waals surface area contributed by atoms with Crippen molar-refractivity contribution in [1.82, 2.24) is 24.4 Å². The molecule has 1 amide bonds. The SMILES string of the molecule is Cc1cc(C)n2ncc(C(=O)Nc3ccn(Cc4ccc(Cl)cc4)n3)c2n1. The van der Waals surface area contributed by atoms with Crippen molar-refractivity contribution in [3.8, 4) is 0 Å². The summed E-state index contributed by atoms with van der Waals surface area (Å²) in [7, 11) is 0. The predicted octanol–water partition coefficient (Wildman–Crippen LogP) is 3.50. The molecular weight excluding hydrogens is 364 g/mol. The number of hydrogen-bond acceptors (Lipinski definition) is 4. The summed E-state index contributed by atoms with van der Waals surface area (Å²) in [6.45, 7) is 4.40. The molecule has 0 radical (unpaired) electrons. The van der Waals surface area contributed by atoms with Crippen LogP contribution in [0.1, 0.15) is 27.3 Å². The Morgan fingerprint density at radius 3 is 2.74 bits per heavy atom. The molecule has 3 heterocycles. The van der Waals surface area contributed by atoms with Gasteiger partial charge in [-0.25, -0.2) is 9.50 Å². The molecule has 8 heteroatoms. The zero-order valence-corrected chi connectivity index (χ0v) is 15.6. The standard InChI is InChI=1S/C19H17ClN6O/c1-12-9-13(2)26-18(22-12)16(10-21-26)19(27)23-17-7-8-25(24-17)11-14-3-5-15(20)6-4-14/h3-10H,11H2,1-2H3,(H,23,24,27). The van der Waals surface area contributed by atoms with Crippen molar-refractivity contribution in [1.29, 1.82) is 0 Å². The first kappa shape index (κ1) is 17.2. The van der Waals surface area contributed by atoms with E-state index in [1.807, 2.05) is 50.4 Å². The van der Waals surface area contributed by atoms with Crippen LogP contribution in [-0.2, 0) is 6.54 Å². The summed E-state index contributed by atoms with van der Waals surface area (Å²) in [5, 5.41) is 12.1. The van der Waals surface area contributed by atoms with E-state index < -0.39 is 0 Å². The maximum atomic E-state index is 12.6. The third-order valence-electron chi connectivity index (χ3n) is 4.16. The number of rotatable bonds is 4. The molecule has 4 aromatic rings. The maximum absolute atomic E-state index is 12.6. The molecule has 3 aromatic heterocycles. The molecule has 0 aliphatic carbocycles. The minimum atomic E-state index is -0.292. The van der Waals surface area contributed by atoms with Crippen LogP contribution in [-0.4, -0.2) is 30.3 Å². The maximum Gasteiger partial charge on any atom is 0.262 e. The molecule has 0 bridgehead atoms. The average molecular weight is 381 g/mol. The molecule has 0 atom stereocenters. The first-order valence-corrected chi connectivity index (χ1v) is 8.78. The molecule has 1 aromatic carbocycles. The zero-order valence-electron chi connectivity index (χ0n) is 14.8. The van der Waals surface area contributed by atoms with Crippen molar-refractivity contribution in [2.75, 3.05) is 5.32 Å². The third-order valence-corrected chi connectivity index (χ3v) is 4.41. The van der Waals surface area contributed by atoms with Crippen LogP contribution in [0.15, 0.2) is 48.8 Å². The van der Waals surface area contributed by atoms with E-state index in [9.17, 15) is 4.79 Å². The van der Waals surface area contributed by atoms with Crippen LogP contribution < -0.4 is 5.32 Å². The normalized spacial score (nSPS) is 11.1. The van der Waals surface area contributed by atoms with E-state index in [4.69, 9.17) is 11.6 Å². The molecular formula is C19H17ClN6O. The Labute approximate surface area is 160 Å². The first-order chi connectivity index (χ1) is 13.0. The molecule has 0 saturated heterocycles. The van der Waals surface area contributed by atoms with E-state index in [0.29, 0.717) is 28.6 Å². The highest BCUT2D eigenvalue weighted by molar-refractivity contribution is 6.30. The van der Waals surface area contributed by atoms with E-state index in [2.05, 4.69) is 20.5 Å². The highest BCUT2D eigenvalue weighted by Gasteiger charge is 2.16. The quantitative estimate of drug-likeness (QED) is 0.587. The molecule has 136 valence electrons. The topological polar surface area (TPSA) is 77.1 Å². The summed E-state index contributed by atoms with van der Waals surface area (Å²) >= 11 is 5.90. The number of aromatic nitrogens is 5. The third kappa shape index (κ3) is 3.54. The zero-order chi connectivity index (χ0) is 19.0. The number of carbonyl (C=O) groups is 1. The predicted molar refractivity (Wildman–Crippen MR) is 103 cm³/mol. The fourth-order valence-electron chi connectivity index (χ4n) is 2.91. The van der Waals surface area contributed by atoms with Crippen molar-refractivity contribution in [3.63, 3.8) is 0 Å². The Morgan fingerprint density at radius 1 is 1.19 bits per heavy atom. The van der Waals surface area contributed by atoms with Crippen LogP contribution in [0.3, 0.4) is 0 Å². The highest BCUT2D eigenvalue weighted by atomic mass is 35.5. The fourth-order valence-corrected chi connectivity index (χ4v) is 3.03. The molecule has 0 aliphatic rings. The number of nitrogens with zero attached hydrogens (tertiary/aromatic N) is 5. The summed E-state index contributed by atoms with van der Waals surface area (Å²) < 4.78 is 3.41. The van der Waals surface area contributed by atoms with Gasteiger partial charge < -0.3 is 5.32 Å². The lowest BCUT2D eigenvalue weighted by atomic mass is 10.2. The van der Waals surface area contributed by atoms with Crippen LogP contribution in [0.25, 0.3) is 5.65 Å². The van der Waals surface area contributed by atoms with Gasteiger partial charge in [0.05, 0.1) is 12.7 Å². The van der Waals surface area contributed by atoms with Gasteiger partial charge in [0.2, 0.25) is 0 Å². The van der Waals surface area contributed by atoms with Crippen molar-refractivity contribution in [2.45, 2.75) is 20.4 Å². The van der Waals surface area contributed by atoms with Gasteiger partial charge in [-0.15, -0.1) is 0 Å². The number of aryl methyl sites for hydroxylation is 2. The average Bonchev–Trinajstić information content (AvgIpc) is 3.24. The molecule has 27 heavy (non-hydrogen) atoms. The second-order valence-electron chi connectivity index (χ2n) is 6.31. The second kappa shape index (κ2) is 6.85. The van der Waals surface area contributed by atoms with Gasteiger partial charge in [0.15, 0.2) is 11.5 Å². The molecule has 0 unspecified atom stereocenters. The number of nitrogens with one attached hydrogen (secondary N) is 1. The minimum absolute atomic E-state index is 0.292. The Bertz CT molecular complexity index is 1130. The molecule has 0 saturated carbocycles. The summed E-state index contributed by atoms with van der Waals surface area (Å²) in [5.41, 5.74) is 3.77. The van der Waals surface area contributed by atoms with Crippen LogP contribution in [0.4, 0.5) is 5.82 Å². The highest BCUT2D eigenvalue weighted by Crippen LogP contribution is 2.15. The lowest BCUT2D eigenvalue weighted by Crippen LogP contribution is -2.13. The van der Waals surface area contributed by atoms with Gasteiger partial charge >= 0.3 is 0 Å². The van der Waals surface area contributed by atoms with Crippen LogP contribution in [0.2, 0.25) is 5.02 Å². The Hall–Kier alpha value is -3.19. The van der Waals surface area contributed by atoms with Gasteiger partial charge in [0.1, 0.15) is 5.56 Å². The van der Waals surface area contributed by atoms with Crippen LogP contribution in [0, 0.1) is 13.8 Å². The van der Waals surface area contributed by atoms with Gasteiger partial charge in [0, 0.05) is 28.7 Å². The molecule has 0 fully saturated rings. The van der Waals surface area contributed by atoms with Crippen molar-refractivity contribution >= 4 is 29.0 Å². The number of hydrogen-bond donors (Lipinski definition) is 1. The number of benzene rings is 1. The summed E-state index contributed by atoms with van der Waals surface area (Å²) in [5.74, 6) is 0.178. The second-order valence-corrected chi connectivity index (χ2v) is 6.75. The van der Waals surface area contributed by atoms with Crippen molar-refractivity contribution in [2.24, 2.45) is 0 Å². The van der Waals surface area contributed by atoms with Gasteiger partial charge in [-0.2, -0.15) is 10.2 Å². The summed E-state index contributed by atoms with van der Waals surface area (Å²) in [6.07, 6.45) is 3.33. The van der Waals surface area contributed by atoms with E-state index in [0.717, 1.165) is 17.0 Å². The van der Waals surface area contributed by atoms with Crippen molar-refractivity contribution in [3.05, 3.63) is 76.3 Å². The number of amides is 1.